The predicted octanol–water partition coefficient (Wildman–Crippen LogP) is 7.02. The second-order valence-electron chi connectivity index (χ2n) is 13.6. The lowest BCUT2D eigenvalue weighted by Gasteiger charge is -2.62. The molecule has 0 spiro atoms. The van der Waals surface area contributed by atoms with Gasteiger partial charge in [-0.05, 0) is 125 Å². The molecule has 4 fully saturated rings. The number of hydrogen-bond acceptors (Lipinski definition) is 2. The third kappa shape index (κ3) is 4.17. The Bertz CT molecular complexity index is 722. The lowest BCUT2D eigenvalue weighted by molar-refractivity contribution is -0.151. The van der Waals surface area contributed by atoms with Crippen LogP contribution in [0.4, 0.5) is 0 Å². The number of rotatable bonds is 6. The van der Waals surface area contributed by atoms with Crippen LogP contribution in [0.1, 0.15) is 118 Å². The van der Waals surface area contributed by atoms with Gasteiger partial charge in [-0.2, -0.15) is 0 Å². The Morgan fingerprint density at radius 1 is 1.00 bits per heavy atom. The monoisotopic (exact) mass is 443 g/mol. The van der Waals surface area contributed by atoms with Crippen LogP contribution in [0.3, 0.4) is 0 Å². The first-order valence-electron chi connectivity index (χ1n) is 13.8. The molecule has 0 aliphatic heterocycles. The zero-order chi connectivity index (χ0) is 23.4. The molecule has 0 heterocycles. The fourth-order valence-corrected chi connectivity index (χ4v) is 9.42. The topological polar surface area (TPSA) is 44.8 Å². The molecule has 0 radical (unpaired) electrons. The van der Waals surface area contributed by atoms with Crippen molar-refractivity contribution in [2.24, 2.45) is 40.4 Å². The molecule has 0 bridgehead atoms. The minimum atomic E-state index is -0.620. The van der Waals surface area contributed by atoms with Gasteiger partial charge in [-0.15, -0.1) is 0 Å². The maximum atomic E-state index is 11.0. The summed E-state index contributed by atoms with van der Waals surface area (Å²) in [5.41, 5.74) is -0.293. The largest absolute Gasteiger partial charge is 0.390 e. The molecule has 182 valence electrons. The van der Waals surface area contributed by atoms with E-state index in [1.807, 2.05) is 13.8 Å². The van der Waals surface area contributed by atoms with Gasteiger partial charge >= 0.3 is 0 Å². The van der Waals surface area contributed by atoms with Crippen molar-refractivity contribution in [2.45, 2.75) is 135 Å². The Morgan fingerprint density at radius 3 is 2.38 bits per heavy atom. The third-order valence-corrected chi connectivity index (χ3v) is 11.5. The Morgan fingerprint density at radius 2 is 1.72 bits per heavy atom. The fraction of sp³-hybridized carbons (Fsp3) is 0.966. The van der Waals surface area contributed by atoms with Crippen molar-refractivity contribution in [3.05, 3.63) is 11.4 Å². The maximum Gasteiger partial charge on any atom is 0.227 e. The molecule has 4 aliphatic carbocycles. The van der Waals surface area contributed by atoms with Crippen molar-refractivity contribution >= 4 is 0 Å². The summed E-state index contributed by atoms with van der Waals surface area (Å²) in [6, 6.07) is 0.130. The number of fused-ring (bicyclic) bond motifs is 5. The summed E-state index contributed by atoms with van der Waals surface area (Å²) in [6.07, 6.45) is 14.6. The summed E-state index contributed by atoms with van der Waals surface area (Å²) in [6.45, 7) is 19.0. The van der Waals surface area contributed by atoms with Gasteiger partial charge in [0.2, 0.25) is 6.04 Å². The Balaban J connectivity index is 1.48. The number of nitrogens with zero attached hydrogens (tertiary/aromatic N) is 1. The van der Waals surface area contributed by atoms with Crippen LogP contribution >= 0.6 is 0 Å². The molecular weight excluding hydrogens is 394 g/mol. The van der Waals surface area contributed by atoms with E-state index in [9.17, 15) is 10.2 Å². The van der Waals surface area contributed by atoms with E-state index in [2.05, 4.69) is 25.6 Å². The van der Waals surface area contributed by atoms with Crippen LogP contribution in [-0.2, 0) is 0 Å². The van der Waals surface area contributed by atoms with Gasteiger partial charge in [0.25, 0.3) is 0 Å². The summed E-state index contributed by atoms with van der Waals surface area (Å²) in [5, 5.41) is 21.1. The lowest BCUT2D eigenvalue weighted by atomic mass is 9.43. The summed E-state index contributed by atoms with van der Waals surface area (Å²) in [5.74, 6) is 3.67. The van der Waals surface area contributed by atoms with E-state index in [1.54, 1.807) is 0 Å². The molecular formula is C29H49NO2. The molecule has 32 heavy (non-hydrogen) atoms. The quantitative estimate of drug-likeness (QED) is 0.433. The molecule has 3 nitrogen and oxygen atoms in total. The maximum absolute atomic E-state index is 11.0. The first-order chi connectivity index (χ1) is 15.0. The molecule has 0 aromatic carbocycles. The van der Waals surface area contributed by atoms with E-state index >= 15 is 0 Å². The fourth-order valence-electron chi connectivity index (χ4n) is 9.42. The predicted molar refractivity (Wildman–Crippen MR) is 131 cm³/mol. The van der Waals surface area contributed by atoms with Crippen molar-refractivity contribution in [3.63, 3.8) is 0 Å². The molecule has 0 unspecified atom stereocenters. The standard InChI is InChI=1S/C29H49NO2/c1-7-29(32)18-17-27(4)20(19-29)10-11-21-22-12-13-24(28(22,5)16-14-23(21)27)25(30-6)9-8-15-26(2,3)31/h20-25,31-32H,7-19H2,1-5H3/t20-,21-,22-,23-,24+,25-,27-,28-,29-/m0/s1. The van der Waals surface area contributed by atoms with Gasteiger partial charge in [0.1, 0.15) is 0 Å². The van der Waals surface area contributed by atoms with Crippen molar-refractivity contribution in [1.29, 1.82) is 0 Å². The van der Waals surface area contributed by atoms with Gasteiger partial charge in [0.15, 0.2) is 0 Å². The highest BCUT2D eigenvalue weighted by Crippen LogP contribution is 2.68. The molecule has 4 aliphatic rings. The van der Waals surface area contributed by atoms with Gasteiger partial charge < -0.3 is 15.1 Å². The van der Waals surface area contributed by atoms with Crippen LogP contribution in [-0.4, -0.2) is 27.5 Å². The number of hydrogen-bond donors (Lipinski definition) is 2. The molecule has 4 rings (SSSR count). The van der Waals surface area contributed by atoms with E-state index in [-0.39, 0.29) is 6.04 Å². The van der Waals surface area contributed by atoms with Crippen molar-refractivity contribution in [3.8, 4) is 0 Å². The highest BCUT2D eigenvalue weighted by molar-refractivity contribution is 5.12. The zero-order valence-corrected chi connectivity index (χ0v) is 21.5. The molecule has 4 saturated carbocycles. The van der Waals surface area contributed by atoms with E-state index in [0.29, 0.717) is 22.7 Å². The van der Waals surface area contributed by atoms with E-state index in [0.717, 1.165) is 56.3 Å². The molecule has 0 amide bonds. The second kappa shape index (κ2) is 8.57. The highest BCUT2D eigenvalue weighted by atomic mass is 16.3. The Labute approximate surface area is 197 Å². The van der Waals surface area contributed by atoms with Gasteiger partial charge in [-0.3, -0.25) is 0 Å². The molecule has 9 atom stereocenters. The first-order valence-corrected chi connectivity index (χ1v) is 13.8. The van der Waals surface area contributed by atoms with Crippen molar-refractivity contribution in [2.75, 3.05) is 0 Å². The van der Waals surface area contributed by atoms with Crippen LogP contribution in [0.15, 0.2) is 0 Å². The smallest absolute Gasteiger partial charge is 0.227 e. The molecule has 0 saturated heterocycles. The zero-order valence-electron chi connectivity index (χ0n) is 21.5. The summed E-state index contributed by atoms with van der Waals surface area (Å²) in [7, 11) is 0. The minimum Gasteiger partial charge on any atom is -0.390 e. The highest BCUT2D eigenvalue weighted by Gasteiger charge is 2.62. The molecule has 2 N–H and O–H groups in total. The van der Waals surface area contributed by atoms with Gasteiger partial charge in [0, 0.05) is 12.3 Å². The van der Waals surface area contributed by atoms with Gasteiger partial charge in [-0.1, -0.05) is 20.8 Å². The van der Waals surface area contributed by atoms with E-state index < -0.39 is 11.2 Å². The summed E-state index contributed by atoms with van der Waals surface area (Å²) < 4.78 is 0. The number of aliphatic hydroxyl groups is 2. The SMILES string of the molecule is [C-]#[N+][C@@H](CCCC(C)(C)O)[C@H]1CC[C@H]2[C@@H]3CC[C@H]4C[C@](O)(CC)CC[C@]4(C)[C@H]3CC[C@]12C. The average Bonchev–Trinajstić information content (AvgIpc) is 3.08. The summed E-state index contributed by atoms with van der Waals surface area (Å²) in [4.78, 5) is 4.18. The van der Waals surface area contributed by atoms with Crippen LogP contribution in [0.2, 0.25) is 0 Å². The van der Waals surface area contributed by atoms with E-state index in [1.165, 1.54) is 44.9 Å². The molecule has 0 aromatic heterocycles. The molecule has 0 aromatic rings. The van der Waals surface area contributed by atoms with Crippen molar-refractivity contribution in [1.82, 2.24) is 0 Å². The second-order valence-corrected chi connectivity index (χ2v) is 13.6. The lowest BCUT2D eigenvalue weighted by Crippen LogP contribution is -2.56. The van der Waals surface area contributed by atoms with Crippen LogP contribution < -0.4 is 0 Å². The van der Waals surface area contributed by atoms with Crippen LogP contribution in [0.5, 0.6) is 0 Å². The van der Waals surface area contributed by atoms with Gasteiger partial charge in [-0.25, -0.2) is 6.57 Å². The van der Waals surface area contributed by atoms with Gasteiger partial charge in [0.05, 0.1) is 11.2 Å². The summed E-state index contributed by atoms with van der Waals surface area (Å²) >= 11 is 0. The Hall–Kier alpha value is -0.590. The van der Waals surface area contributed by atoms with E-state index in [4.69, 9.17) is 6.57 Å². The normalized spacial score (nSPS) is 47.1. The molecule has 3 heteroatoms. The van der Waals surface area contributed by atoms with Crippen molar-refractivity contribution < 1.29 is 10.2 Å². The third-order valence-electron chi connectivity index (χ3n) is 11.5. The first kappa shape index (κ1) is 24.5. The average molecular weight is 444 g/mol. The minimum absolute atomic E-state index is 0.130. The van der Waals surface area contributed by atoms with Crippen LogP contribution in [0, 0.1) is 47.0 Å². The van der Waals surface area contributed by atoms with Crippen LogP contribution in [0.25, 0.3) is 4.85 Å². The Kier molecular flexibility index (Phi) is 6.57.